The molecule has 1 aromatic carbocycles. The van der Waals surface area contributed by atoms with E-state index in [4.69, 9.17) is 23.7 Å². The number of aromatic nitrogens is 3. The zero-order valence-corrected chi connectivity index (χ0v) is 41.8. The highest BCUT2D eigenvalue weighted by molar-refractivity contribution is 7.90. The second kappa shape index (κ2) is 22.5. The number of aliphatic hydroxyl groups is 3. The Labute approximate surface area is 395 Å². The lowest BCUT2D eigenvalue weighted by molar-refractivity contribution is -0.303. The van der Waals surface area contributed by atoms with E-state index < -0.39 is 118 Å². The topological polar surface area (TPSA) is 221 Å². The minimum atomic E-state index is -3.37. The summed E-state index contributed by atoms with van der Waals surface area (Å²) in [5.74, 6) is -4.30. The van der Waals surface area contributed by atoms with Crippen molar-refractivity contribution < 1.29 is 61.4 Å². The first kappa shape index (κ1) is 54.4. The summed E-state index contributed by atoms with van der Waals surface area (Å²) >= 11 is 0. The number of carbonyl (C=O) groups is 2. The minimum absolute atomic E-state index is 0.0124. The van der Waals surface area contributed by atoms with Crippen LogP contribution >= 0.6 is 0 Å². The van der Waals surface area contributed by atoms with Gasteiger partial charge in [-0.05, 0) is 89.6 Å². The molecule has 3 saturated heterocycles. The fourth-order valence-corrected chi connectivity index (χ4v) is 10.7. The van der Waals surface area contributed by atoms with Gasteiger partial charge in [-0.3, -0.25) is 9.59 Å². The number of halogens is 1. The first-order valence-corrected chi connectivity index (χ1v) is 25.3. The van der Waals surface area contributed by atoms with Crippen LogP contribution in [0.4, 0.5) is 4.39 Å². The van der Waals surface area contributed by atoms with Crippen LogP contribution in [0.2, 0.25) is 0 Å². The number of hydrogen-bond donors (Lipinski definition) is 3. The van der Waals surface area contributed by atoms with Gasteiger partial charge >= 0.3 is 5.97 Å². The van der Waals surface area contributed by atoms with Gasteiger partial charge in [0, 0.05) is 55.9 Å². The summed E-state index contributed by atoms with van der Waals surface area (Å²) in [7, 11) is -1.50. The number of cyclic esters (lactones) is 1. The Balaban J connectivity index is 1.43. The van der Waals surface area contributed by atoms with Gasteiger partial charge < -0.3 is 43.9 Å². The Morgan fingerprint density at radius 1 is 1.10 bits per heavy atom. The van der Waals surface area contributed by atoms with Crippen molar-refractivity contribution in [2.24, 2.45) is 28.7 Å². The lowest BCUT2D eigenvalue weighted by atomic mass is 9.73. The van der Waals surface area contributed by atoms with E-state index in [0.717, 1.165) is 11.8 Å². The maximum atomic E-state index is 14.3. The zero-order valence-electron chi connectivity index (χ0n) is 41.0. The van der Waals surface area contributed by atoms with Gasteiger partial charge in [0.1, 0.15) is 24.5 Å². The standard InChI is InChI=1S/C48H74FN5O12S/c1-13-39-48(10,59)44-30(5)40(50-33(8)55)28(3)22-47(9,63-26-27(2)25-62-44)43(31(6)41(56)32(7)45(58)65-39)66-46-42(57)38(20-29(4)64-46)53(11)19-18-35-24-54(52-51-35)36(23-49)21-34-14-16-37(17-15-34)67(12,60)61/h14-17,24,28-32,36,38-39,41-44,46,56-57,59H,2,13,18-23,25-26H2,1,3-12H3/t28-,29-,30+,31+,32-,36+,38+,39-,41+,42-,43-,44-,46+,47-,48-/m1/s1. The molecule has 0 aliphatic carbocycles. The van der Waals surface area contributed by atoms with Crippen molar-refractivity contribution in [3.05, 3.63) is 53.9 Å². The van der Waals surface area contributed by atoms with Gasteiger partial charge in [-0.2, -0.15) is 0 Å². The number of aliphatic imine (C=N–C) groups is 1. The van der Waals surface area contributed by atoms with Gasteiger partial charge in [0.05, 0.1) is 65.8 Å². The Morgan fingerprint density at radius 3 is 2.39 bits per heavy atom. The monoisotopic (exact) mass is 964 g/mol. The molecule has 3 aliphatic rings. The zero-order chi connectivity index (χ0) is 49.8. The van der Waals surface area contributed by atoms with Crippen LogP contribution in [0.5, 0.6) is 0 Å². The molecule has 2 bridgehead atoms. The lowest BCUT2D eigenvalue weighted by Gasteiger charge is -2.49. The number of fused-ring (bicyclic) bond motifs is 5. The van der Waals surface area contributed by atoms with Crippen molar-refractivity contribution in [2.75, 3.05) is 39.7 Å². The summed E-state index contributed by atoms with van der Waals surface area (Å²) in [5, 5.41) is 45.0. The number of likely N-dealkylation sites (N-methyl/N-ethyl adjacent to an activating group) is 1. The number of benzene rings is 1. The number of hydrogen-bond acceptors (Lipinski definition) is 15. The third-order valence-corrected chi connectivity index (χ3v) is 15.1. The van der Waals surface area contributed by atoms with Gasteiger partial charge in [0.2, 0.25) is 5.91 Å². The van der Waals surface area contributed by atoms with E-state index in [1.54, 1.807) is 46.0 Å². The number of ether oxygens (including phenoxy) is 5. The van der Waals surface area contributed by atoms with E-state index in [2.05, 4.69) is 21.9 Å². The van der Waals surface area contributed by atoms with Crippen molar-refractivity contribution in [1.82, 2.24) is 19.9 Å². The molecule has 0 saturated carbocycles. The smallest absolute Gasteiger partial charge is 0.311 e. The van der Waals surface area contributed by atoms with E-state index in [1.165, 1.54) is 23.7 Å². The molecule has 3 N–H and O–H groups in total. The number of rotatable bonds is 12. The predicted molar refractivity (Wildman–Crippen MR) is 248 cm³/mol. The average molecular weight is 964 g/mol. The third-order valence-electron chi connectivity index (χ3n) is 14.0. The fourth-order valence-electron chi connectivity index (χ4n) is 10.1. The van der Waals surface area contributed by atoms with Crippen molar-refractivity contribution in [3.63, 3.8) is 0 Å². The van der Waals surface area contributed by atoms with Crippen LogP contribution in [-0.4, -0.2) is 161 Å². The van der Waals surface area contributed by atoms with Gasteiger partial charge in [-0.15, -0.1) is 5.10 Å². The van der Waals surface area contributed by atoms with Crippen LogP contribution in [0, 0.1) is 23.7 Å². The highest BCUT2D eigenvalue weighted by Gasteiger charge is 2.53. The van der Waals surface area contributed by atoms with Gasteiger partial charge in [0.25, 0.3) is 0 Å². The SMILES string of the molecule is C=C1CO[C@@H]2[C@@H](C)C(=NC(C)=O)[C@H](C)C[C@@](C)(OC1)[C@H](O[C@@H]1O[C@H](C)C[C@H](N(C)CCc3cn([C@H](CF)Cc4ccc(S(C)(=O)=O)cc4)nn3)[C@H]1O)[C@@H](C)[C@H](O)[C@@H](C)C(=O)O[C@H](CC)[C@@]2(C)O. The molecule has 3 fully saturated rings. The first-order valence-electron chi connectivity index (χ1n) is 23.4. The number of aliphatic hydroxyl groups excluding tert-OH is 2. The predicted octanol–water partition coefficient (Wildman–Crippen LogP) is 4.26. The van der Waals surface area contributed by atoms with E-state index in [9.17, 15) is 37.7 Å². The van der Waals surface area contributed by atoms with Crippen LogP contribution in [0.3, 0.4) is 0 Å². The van der Waals surface area contributed by atoms with Gasteiger partial charge in [0.15, 0.2) is 16.1 Å². The molecule has 0 unspecified atom stereocenters. The van der Waals surface area contributed by atoms with E-state index >= 15 is 0 Å². The number of carbonyl (C=O) groups excluding carboxylic acids is 2. The van der Waals surface area contributed by atoms with E-state index in [-0.39, 0.29) is 37.4 Å². The summed E-state index contributed by atoms with van der Waals surface area (Å²) in [4.78, 5) is 33.4. The second-order valence-corrected chi connectivity index (χ2v) is 21.8. The summed E-state index contributed by atoms with van der Waals surface area (Å²) in [6, 6.07) is 5.19. The second-order valence-electron chi connectivity index (χ2n) is 19.7. The Hall–Kier alpha value is -3.53. The lowest BCUT2D eigenvalue weighted by Crippen LogP contribution is -2.61. The molecular formula is C48H74FN5O12S. The molecule has 4 heterocycles. The van der Waals surface area contributed by atoms with Crippen molar-refractivity contribution in [2.45, 2.75) is 166 Å². The summed E-state index contributed by atoms with van der Waals surface area (Å²) in [6.07, 6.45) is -2.99. The molecule has 15 atom stereocenters. The molecule has 1 amide bonds. The minimum Gasteiger partial charge on any atom is -0.459 e. The van der Waals surface area contributed by atoms with Gasteiger partial charge in [-0.1, -0.05) is 51.6 Å². The van der Waals surface area contributed by atoms with Crippen molar-refractivity contribution >= 4 is 27.4 Å². The third kappa shape index (κ3) is 13.0. The first-order chi connectivity index (χ1) is 31.3. The number of sulfone groups is 1. The molecule has 3 aliphatic heterocycles. The molecule has 19 heteroatoms. The number of esters is 1. The van der Waals surface area contributed by atoms with Crippen molar-refractivity contribution in [3.8, 4) is 0 Å². The molecule has 17 nitrogen and oxygen atoms in total. The highest BCUT2D eigenvalue weighted by Crippen LogP contribution is 2.41. The number of nitrogens with zero attached hydrogens (tertiary/aromatic N) is 5. The average Bonchev–Trinajstić information content (AvgIpc) is 3.74. The normalized spacial score (nSPS) is 36.2. The fraction of sp³-hybridized carbons (Fsp3) is 0.729. The highest BCUT2D eigenvalue weighted by atomic mass is 32.2. The molecule has 0 radical (unpaired) electrons. The number of amides is 1. The van der Waals surface area contributed by atoms with Crippen molar-refractivity contribution in [1.29, 1.82) is 0 Å². The molecule has 5 rings (SSSR count). The summed E-state index contributed by atoms with van der Waals surface area (Å²) in [6.45, 7) is 19.3. The van der Waals surface area contributed by atoms with Crippen LogP contribution in [0.25, 0.3) is 0 Å². The quantitative estimate of drug-likeness (QED) is 0.200. The Bertz CT molecular complexity index is 2150. The van der Waals surface area contributed by atoms with Crippen LogP contribution in [0.15, 0.2) is 52.5 Å². The van der Waals surface area contributed by atoms with E-state index in [1.807, 2.05) is 39.6 Å². The molecule has 1 aromatic heterocycles. The Kier molecular flexibility index (Phi) is 18.3. The maximum absolute atomic E-state index is 14.3. The van der Waals surface area contributed by atoms with Crippen LogP contribution < -0.4 is 0 Å². The largest absolute Gasteiger partial charge is 0.459 e. The summed E-state index contributed by atoms with van der Waals surface area (Å²) < 4.78 is 72.1. The molecule has 2 aromatic rings. The van der Waals surface area contributed by atoms with Crippen LogP contribution in [0.1, 0.15) is 98.9 Å². The maximum Gasteiger partial charge on any atom is 0.311 e. The molecule has 376 valence electrons. The molecule has 0 spiro atoms. The van der Waals surface area contributed by atoms with Crippen LogP contribution in [-0.2, 0) is 56.0 Å². The van der Waals surface area contributed by atoms with Gasteiger partial charge in [-0.25, -0.2) is 22.5 Å². The number of alkyl halides is 1. The molecule has 67 heavy (non-hydrogen) atoms. The summed E-state index contributed by atoms with van der Waals surface area (Å²) in [5.41, 5.74) is -0.753. The van der Waals surface area contributed by atoms with E-state index in [0.29, 0.717) is 36.4 Å². The Morgan fingerprint density at radius 2 is 1.78 bits per heavy atom. The molecular weight excluding hydrogens is 890 g/mol.